The number of hydrogen-bond acceptors (Lipinski definition) is 7. The number of alkyl halides is 3. The lowest BCUT2D eigenvalue weighted by molar-refractivity contribution is -0.141. The lowest BCUT2D eigenvalue weighted by Crippen LogP contribution is -2.36. The Bertz CT molecular complexity index is 1110. The van der Waals surface area contributed by atoms with Gasteiger partial charge in [-0.05, 0) is 43.2 Å². The minimum absolute atomic E-state index is 0.0348. The van der Waals surface area contributed by atoms with Crippen LogP contribution in [-0.2, 0) is 17.5 Å². The van der Waals surface area contributed by atoms with E-state index in [0.29, 0.717) is 24.6 Å². The number of aromatic nitrogens is 3. The third-order valence-electron chi connectivity index (χ3n) is 5.44. The van der Waals surface area contributed by atoms with E-state index in [1.54, 1.807) is 0 Å². The third kappa shape index (κ3) is 4.34. The van der Waals surface area contributed by atoms with Crippen molar-refractivity contribution in [2.75, 3.05) is 42.3 Å². The Morgan fingerprint density at radius 3 is 2.55 bits per heavy atom. The zero-order chi connectivity index (χ0) is 22.2. The van der Waals surface area contributed by atoms with Gasteiger partial charge in [-0.1, -0.05) is 6.07 Å². The van der Waals surface area contributed by atoms with Crippen LogP contribution in [0.2, 0.25) is 0 Å². The van der Waals surface area contributed by atoms with Gasteiger partial charge in [0.2, 0.25) is 0 Å². The van der Waals surface area contributed by atoms with Gasteiger partial charge >= 0.3 is 6.18 Å². The number of morpholine rings is 1. The number of fused-ring (bicyclic) bond motifs is 1. The van der Waals surface area contributed by atoms with Crippen LogP contribution in [0.25, 0.3) is 10.8 Å². The monoisotopic (exact) mass is 432 g/mol. The van der Waals surface area contributed by atoms with Crippen molar-refractivity contribution in [3.05, 3.63) is 46.8 Å². The Morgan fingerprint density at radius 1 is 1.10 bits per heavy atom. The Labute approximate surface area is 177 Å². The molecule has 3 N–H and O–H groups in total. The molecule has 0 radical (unpaired) electrons. The number of nitrogens with one attached hydrogen (secondary N) is 1. The normalized spacial score (nSPS) is 14.8. The van der Waals surface area contributed by atoms with Gasteiger partial charge in [-0.2, -0.15) is 18.3 Å². The maximum Gasteiger partial charge on any atom is 0.433 e. The van der Waals surface area contributed by atoms with Crippen LogP contribution in [0.1, 0.15) is 22.5 Å². The third-order valence-corrected chi connectivity index (χ3v) is 5.44. The van der Waals surface area contributed by atoms with E-state index in [-0.39, 0.29) is 17.9 Å². The molecule has 1 aliphatic rings. The fourth-order valence-electron chi connectivity index (χ4n) is 3.75. The first-order chi connectivity index (χ1) is 14.7. The van der Waals surface area contributed by atoms with E-state index >= 15 is 0 Å². The molecule has 1 aliphatic heterocycles. The van der Waals surface area contributed by atoms with Crippen LogP contribution in [0.3, 0.4) is 0 Å². The summed E-state index contributed by atoms with van der Waals surface area (Å²) >= 11 is 0. The van der Waals surface area contributed by atoms with Gasteiger partial charge in [0.05, 0.1) is 18.9 Å². The first-order valence-electron chi connectivity index (χ1n) is 9.91. The second-order valence-corrected chi connectivity index (χ2v) is 7.49. The summed E-state index contributed by atoms with van der Waals surface area (Å²) in [5.41, 5.74) is 6.90. The predicted octanol–water partition coefficient (Wildman–Crippen LogP) is 3.69. The molecule has 0 spiro atoms. The summed E-state index contributed by atoms with van der Waals surface area (Å²) in [4.78, 5) is 5.69. The van der Waals surface area contributed by atoms with Gasteiger partial charge < -0.3 is 20.7 Å². The Morgan fingerprint density at radius 2 is 1.84 bits per heavy atom. The molecule has 10 heteroatoms. The average molecular weight is 432 g/mol. The zero-order valence-corrected chi connectivity index (χ0v) is 17.3. The maximum atomic E-state index is 13.3. The summed E-state index contributed by atoms with van der Waals surface area (Å²) in [7, 11) is 0. The van der Waals surface area contributed by atoms with E-state index in [1.165, 1.54) is 13.0 Å². The quantitative estimate of drug-likeness (QED) is 0.650. The van der Waals surface area contributed by atoms with Crippen LogP contribution in [0.5, 0.6) is 0 Å². The minimum atomic E-state index is -4.57. The summed E-state index contributed by atoms with van der Waals surface area (Å²) in [6.07, 6.45) is -4.57. The second kappa shape index (κ2) is 8.18. The number of nitrogen functional groups attached to an aromatic ring is 1. The molecule has 164 valence electrons. The highest BCUT2D eigenvalue weighted by Crippen LogP contribution is 2.33. The molecule has 1 aromatic carbocycles. The van der Waals surface area contributed by atoms with Gasteiger partial charge in [0.1, 0.15) is 11.5 Å². The first kappa shape index (κ1) is 21.1. The van der Waals surface area contributed by atoms with Gasteiger partial charge in [0.25, 0.3) is 0 Å². The van der Waals surface area contributed by atoms with Crippen LogP contribution in [-0.4, -0.2) is 41.5 Å². The molecule has 1 saturated heterocycles. The molecule has 2 aromatic heterocycles. The summed E-state index contributed by atoms with van der Waals surface area (Å²) in [5.74, 6) is 0.322. The number of benzene rings is 1. The highest BCUT2D eigenvalue weighted by Gasteiger charge is 2.35. The van der Waals surface area contributed by atoms with Crippen molar-refractivity contribution in [1.82, 2.24) is 15.2 Å². The number of pyridine rings is 1. The number of nitrogens with zero attached hydrogens (tertiary/aromatic N) is 4. The second-order valence-electron chi connectivity index (χ2n) is 7.49. The molecule has 4 rings (SSSR count). The van der Waals surface area contributed by atoms with E-state index in [1.807, 2.05) is 25.1 Å². The molecular formula is C21H23F3N6O. The van der Waals surface area contributed by atoms with E-state index < -0.39 is 11.9 Å². The molecule has 0 amide bonds. The number of aryl methyl sites for hydroxylation is 1. The fraction of sp³-hybridized carbons (Fsp3) is 0.381. The Kier molecular flexibility index (Phi) is 5.57. The van der Waals surface area contributed by atoms with E-state index in [2.05, 4.69) is 25.4 Å². The summed E-state index contributed by atoms with van der Waals surface area (Å²) in [6, 6.07) is 7.50. The molecule has 31 heavy (non-hydrogen) atoms. The van der Waals surface area contributed by atoms with E-state index in [4.69, 9.17) is 10.5 Å². The molecule has 0 bridgehead atoms. The van der Waals surface area contributed by atoms with Crippen molar-refractivity contribution in [1.29, 1.82) is 0 Å². The number of nitrogens with two attached hydrogens (primary N) is 1. The number of hydrogen-bond donors (Lipinski definition) is 2. The van der Waals surface area contributed by atoms with Crippen LogP contribution < -0.4 is 16.0 Å². The van der Waals surface area contributed by atoms with Crippen LogP contribution in [0.15, 0.2) is 24.3 Å². The van der Waals surface area contributed by atoms with Crippen molar-refractivity contribution in [3.63, 3.8) is 0 Å². The summed E-state index contributed by atoms with van der Waals surface area (Å²) < 4.78 is 45.2. The predicted molar refractivity (Wildman–Crippen MR) is 113 cm³/mol. The number of halogens is 3. The van der Waals surface area contributed by atoms with Crippen molar-refractivity contribution >= 4 is 28.1 Å². The molecule has 3 aromatic rings. The molecule has 0 atom stereocenters. The van der Waals surface area contributed by atoms with Crippen LogP contribution in [0.4, 0.5) is 30.5 Å². The average Bonchev–Trinajstić information content (AvgIpc) is 2.75. The van der Waals surface area contributed by atoms with Crippen LogP contribution >= 0.6 is 0 Å². The van der Waals surface area contributed by atoms with Gasteiger partial charge in [0, 0.05) is 36.1 Å². The molecule has 0 unspecified atom stereocenters. The van der Waals surface area contributed by atoms with Crippen molar-refractivity contribution in [2.24, 2.45) is 0 Å². The molecular weight excluding hydrogens is 409 g/mol. The fourth-order valence-corrected chi connectivity index (χ4v) is 3.75. The van der Waals surface area contributed by atoms with E-state index in [9.17, 15) is 13.2 Å². The lowest BCUT2D eigenvalue weighted by atomic mass is 10.1. The molecule has 0 saturated carbocycles. The first-order valence-corrected chi connectivity index (χ1v) is 9.91. The SMILES string of the molecule is Cc1c(CNc2nnc(C)c3ccc(N4CCOCC4)cc23)cc(N)nc1C(F)(F)F. The van der Waals surface area contributed by atoms with Crippen molar-refractivity contribution < 1.29 is 17.9 Å². The minimum Gasteiger partial charge on any atom is -0.384 e. The van der Waals surface area contributed by atoms with Gasteiger partial charge in [0.15, 0.2) is 5.82 Å². The topological polar surface area (TPSA) is 89.2 Å². The molecule has 3 heterocycles. The highest BCUT2D eigenvalue weighted by atomic mass is 19.4. The Balaban J connectivity index is 1.67. The maximum absolute atomic E-state index is 13.3. The van der Waals surface area contributed by atoms with Gasteiger partial charge in [-0.15, -0.1) is 5.10 Å². The van der Waals surface area contributed by atoms with Gasteiger partial charge in [-0.3, -0.25) is 0 Å². The summed E-state index contributed by atoms with van der Waals surface area (Å²) in [5, 5.41) is 13.4. The van der Waals surface area contributed by atoms with Gasteiger partial charge in [-0.25, -0.2) is 4.98 Å². The smallest absolute Gasteiger partial charge is 0.384 e. The highest BCUT2D eigenvalue weighted by molar-refractivity contribution is 5.95. The number of rotatable bonds is 4. The lowest BCUT2D eigenvalue weighted by Gasteiger charge is -2.29. The van der Waals surface area contributed by atoms with Crippen molar-refractivity contribution in [3.8, 4) is 0 Å². The standard InChI is InChI=1S/C21H23F3N6O/c1-12-14(9-18(25)27-19(12)21(22,23)24)11-26-20-17-10-15(30-5-7-31-8-6-30)3-4-16(17)13(2)28-29-20/h3-4,9-10H,5-8,11H2,1-2H3,(H2,25,27)(H,26,29). The molecule has 0 aliphatic carbocycles. The van der Waals surface area contributed by atoms with E-state index in [0.717, 1.165) is 35.2 Å². The molecule has 7 nitrogen and oxygen atoms in total. The number of anilines is 3. The van der Waals surface area contributed by atoms with Crippen molar-refractivity contribution in [2.45, 2.75) is 26.6 Å². The summed E-state index contributed by atoms with van der Waals surface area (Å²) in [6.45, 7) is 6.29. The van der Waals surface area contributed by atoms with Crippen LogP contribution in [0, 0.1) is 13.8 Å². The zero-order valence-electron chi connectivity index (χ0n) is 17.3. The number of ether oxygens (including phenoxy) is 1. The Hall–Kier alpha value is -3.14. The molecule has 1 fully saturated rings. The largest absolute Gasteiger partial charge is 0.433 e.